The lowest BCUT2D eigenvalue weighted by Gasteiger charge is -2.18. The van der Waals surface area contributed by atoms with E-state index in [9.17, 15) is 0 Å². The molecule has 0 aliphatic heterocycles. The molecule has 5 heteroatoms. The molecule has 2 aromatic rings. The highest BCUT2D eigenvalue weighted by molar-refractivity contribution is 6.32. The van der Waals surface area contributed by atoms with Gasteiger partial charge in [0.05, 0.1) is 11.7 Å². The second-order valence-electron chi connectivity index (χ2n) is 5.01. The highest BCUT2D eigenvalue weighted by Crippen LogP contribution is 2.28. The number of aryl methyl sites for hydroxylation is 3. The first-order valence-corrected chi connectivity index (χ1v) is 7.17. The van der Waals surface area contributed by atoms with Gasteiger partial charge in [0, 0.05) is 24.2 Å². The highest BCUT2D eigenvalue weighted by Gasteiger charge is 2.17. The van der Waals surface area contributed by atoms with Crippen molar-refractivity contribution in [1.82, 2.24) is 15.2 Å². The fourth-order valence-corrected chi connectivity index (χ4v) is 2.60. The van der Waals surface area contributed by atoms with E-state index in [-0.39, 0.29) is 6.04 Å². The number of halogens is 1. The van der Waals surface area contributed by atoms with Crippen molar-refractivity contribution in [3.05, 3.63) is 51.8 Å². The van der Waals surface area contributed by atoms with Crippen LogP contribution >= 0.6 is 11.6 Å². The van der Waals surface area contributed by atoms with Crippen molar-refractivity contribution in [3.63, 3.8) is 0 Å². The number of nitrogens with one attached hydrogen (secondary N) is 1. The van der Waals surface area contributed by atoms with Crippen molar-refractivity contribution >= 4 is 11.6 Å². The average Bonchev–Trinajstić information content (AvgIpc) is 2.80. The molecule has 0 saturated heterocycles. The van der Waals surface area contributed by atoms with Gasteiger partial charge >= 0.3 is 0 Å². The molecule has 0 fully saturated rings. The van der Waals surface area contributed by atoms with Crippen molar-refractivity contribution in [2.75, 3.05) is 0 Å². The number of benzene rings is 1. The Morgan fingerprint density at radius 2 is 2.20 bits per heavy atom. The van der Waals surface area contributed by atoms with Gasteiger partial charge in [0.25, 0.3) is 0 Å². The van der Waals surface area contributed by atoms with Crippen molar-refractivity contribution in [3.8, 4) is 0 Å². The van der Waals surface area contributed by atoms with E-state index >= 15 is 0 Å². The Balaban J connectivity index is 2.28. The Morgan fingerprint density at radius 3 is 2.80 bits per heavy atom. The predicted octanol–water partition coefficient (Wildman–Crippen LogP) is 2.69. The second kappa shape index (κ2) is 6.39. The van der Waals surface area contributed by atoms with Crippen LogP contribution < -0.4 is 11.3 Å². The molecular formula is C15H21ClN4. The van der Waals surface area contributed by atoms with Crippen molar-refractivity contribution in [1.29, 1.82) is 0 Å². The van der Waals surface area contributed by atoms with Crippen LogP contribution in [0.1, 0.15) is 35.5 Å². The van der Waals surface area contributed by atoms with E-state index in [0.717, 1.165) is 40.4 Å². The quantitative estimate of drug-likeness (QED) is 0.658. The van der Waals surface area contributed by atoms with Gasteiger partial charge in [-0.2, -0.15) is 5.10 Å². The van der Waals surface area contributed by atoms with Crippen LogP contribution in [0.15, 0.2) is 24.3 Å². The molecular weight excluding hydrogens is 272 g/mol. The number of nitrogens with two attached hydrogens (primary N) is 1. The molecule has 1 aromatic carbocycles. The maximum atomic E-state index is 6.39. The first-order chi connectivity index (χ1) is 9.56. The van der Waals surface area contributed by atoms with E-state index in [1.807, 2.05) is 36.9 Å². The van der Waals surface area contributed by atoms with Crippen molar-refractivity contribution < 1.29 is 0 Å². The zero-order valence-electron chi connectivity index (χ0n) is 12.2. The number of hydrogen-bond acceptors (Lipinski definition) is 3. The zero-order chi connectivity index (χ0) is 14.7. The molecule has 2 rings (SSSR count). The third kappa shape index (κ3) is 3.03. The van der Waals surface area contributed by atoms with Gasteiger partial charge in [0.1, 0.15) is 0 Å². The fraction of sp³-hybridized carbons (Fsp3) is 0.400. The molecule has 1 heterocycles. The first-order valence-electron chi connectivity index (χ1n) is 6.79. The van der Waals surface area contributed by atoms with Gasteiger partial charge in [0.15, 0.2) is 0 Å². The Kier molecular flexibility index (Phi) is 4.81. The monoisotopic (exact) mass is 292 g/mol. The molecule has 0 saturated carbocycles. The maximum absolute atomic E-state index is 6.39. The minimum atomic E-state index is -0.0255. The summed E-state index contributed by atoms with van der Waals surface area (Å²) in [5, 5.41) is 5.24. The predicted molar refractivity (Wildman–Crippen MR) is 82.5 cm³/mol. The molecule has 108 valence electrons. The molecule has 0 amide bonds. The summed E-state index contributed by atoms with van der Waals surface area (Å²) in [6.07, 6.45) is 1.68. The van der Waals surface area contributed by atoms with E-state index in [0.29, 0.717) is 0 Å². The van der Waals surface area contributed by atoms with Gasteiger partial charge in [-0.1, -0.05) is 36.7 Å². The third-order valence-electron chi connectivity index (χ3n) is 3.60. The normalized spacial score (nSPS) is 12.7. The standard InChI is InChI=1S/C15H21ClN4/c1-4-11-8-12(20(3)19-11)9-14(18-17)13-7-5-6-10(2)15(13)16/h5-8,14,18H,4,9,17H2,1-3H3. The highest BCUT2D eigenvalue weighted by atomic mass is 35.5. The lowest BCUT2D eigenvalue weighted by Crippen LogP contribution is -2.30. The van der Waals surface area contributed by atoms with E-state index in [1.165, 1.54) is 0 Å². The van der Waals surface area contributed by atoms with Gasteiger partial charge in [0.2, 0.25) is 0 Å². The third-order valence-corrected chi connectivity index (χ3v) is 4.12. The Bertz CT molecular complexity index is 592. The molecule has 1 unspecified atom stereocenters. The molecule has 0 aliphatic rings. The Morgan fingerprint density at radius 1 is 1.45 bits per heavy atom. The smallest absolute Gasteiger partial charge is 0.0624 e. The Labute approximate surface area is 124 Å². The second-order valence-corrected chi connectivity index (χ2v) is 5.38. The van der Waals surface area contributed by atoms with Gasteiger partial charge in [-0.3, -0.25) is 16.0 Å². The minimum absolute atomic E-state index is 0.0255. The summed E-state index contributed by atoms with van der Waals surface area (Å²) >= 11 is 6.39. The number of hydrazine groups is 1. The van der Waals surface area contributed by atoms with E-state index < -0.39 is 0 Å². The number of nitrogens with zero attached hydrogens (tertiary/aromatic N) is 2. The minimum Gasteiger partial charge on any atom is -0.272 e. The van der Waals surface area contributed by atoms with Crippen molar-refractivity contribution in [2.45, 2.75) is 32.7 Å². The summed E-state index contributed by atoms with van der Waals surface area (Å²) in [6.45, 7) is 4.10. The number of hydrogen-bond donors (Lipinski definition) is 2. The molecule has 3 N–H and O–H groups in total. The summed E-state index contributed by atoms with van der Waals surface area (Å²) in [5.74, 6) is 5.72. The summed E-state index contributed by atoms with van der Waals surface area (Å²) in [5.41, 5.74) is 7.18. The zero-order valence-corrected chi connectivity index (χ0v) is 12.9. The molecule has 4 nitrogen and oxygen atoms in total. The molecule has 0 spiro atoms. The SMILES string of the molecule is CCc1cc(CC(NN)c2cccc(C)c2Cl)n(C)n1. The Hall–Kier alpha value is -1.36. The number of aromatic nitrogens is 2. The summed E-state index contributed by atoms with van der Waals surface area (Å²) in [7, 11) is 1.96. The van der Waals surface area contributed by atoms with Gasteiger partial charge in [-0.25, -0.2) is 0 Å². The van der Waals surface area contributed by atoms with Crippen LogP contribution in [0.2, 0.25) is 5.02 Å². The first kappa shape index (κ1) is 15.0. The summed E-state index contributed by atoms with van der Waals surface area (Å²) in [4.78, 5) is 0. The molecule has 0 aliphatic carbocycles. The summed E-state index contributed by atoms with van der Waals surface area (Å²) < 4.78 is 1.91. The topological polar surface area (TPSA) is 55.9 Å². The molecule has 0 radical (unpaired) electrons. The van der Waals surface area contributed by atoms with Crippen LogP contribution in [0, 0.1) is 6.92 Å². The van der Waals surface area contributed by atoms with E-state index in [1.54, 1.807) is 0 Å². The van der Waals surface area contributed by atoms with Gasteiger partial charge in [-0.05, 0) is 30.5 Å². The average molecular weight is 293 g/mol. The van der Waals surface area contributed by atoms with E-state index in [4.69, 9.17) is 17.4 Å². The molecule has 20 heavy (non-hydrogen) atoms. The molecule has 1 aromatic heterocycles. The van der Waals surface area contributed by atoms with Crippen LogP contribution in [0.3, 0.4) is 0 Å². The van der Waals surface area contributed by atoms with Crippen molar-refractivity contribution in [2.24, 2.45) is 12.9 Å². The number of rotatable bonds is 5. The van der Waals surface area contributed by atoms with Crippen LogP contribution in [0.5, 0.6) is 0 Å². The van der Waals surface area contributed by atoms with Gasteiger partial charge < -0.3 is 0 Å². The van der Waals surface area contributed by atoms with Crippen LogP contribution in [0.4, 0.5) is 0 Å². The fourth-order valence-electron chi connectivity index (χ4n) is 2.34. The van der Waals surface area contributed by atoms with Crippen LogP contribution in [-0.2, 0) is 19.9 Å². The van der Waals surface area contributed by atoms with E-state index in [2.05, 4.69) is 23.5 Å². The maximum Gasteiger partial charge on any atom is 0.0624 e. The largest absolute Gasteiger partial charge is 0.272 e. The van der Waals surface area contributed by atoms with Crippen LogP contribution in [-0.4, -0.2) is 9.78 Å². The van der Waals surface area contributed by atoms with Gasteiger partial charge in [-0.15, -0.1) is 0 Å². The molecule has 0 bridgehead atoms. The lowest BCUT2D eigenvalue weighted by molar-refractivity contribution is 0.530. The molecule has 1 atom stereocenters. The summed E-state index contributed by atoms with van der Waals surface area (Å²) in [6, 6.07) is 8.10. The lowest BCUT2D eigenvalue weighted by atomic mass is 10.0. The van der Waals surface area contributed by atoms with Crippen LogP contribution in [0.25, 0.3) is 0 Å².